The molecule has 1 aliphatic rings. The first-order valence-electron chi connectivity index (χ1n) is 4.99. The van der Waals surface area contributed by atoms with Gasteiger partial charge in [0.25, 0.3) is 0 Å². The molecule has 1 saturated carbocycles. The number of nitrogens with two attached hydrogens (primary N) is 1. The fraction of sp³-hybridized carbons (Fsp3) is 0.900. The van der Waals surface area contributed by atoms with Gasteiger partial charge in [-0.15, -0.1) is 0 Å². The molecule has 0 bridgehead atoms. The number of ether oxygens (including phenoxy) is 1. The van der Waals surface area contributed by atoms with Crippen molar-refractivity contribution < 1.29 is 9.53 Å². The lowest BCUT2D eigenvalue weighted by Gasteiger charge is -2.35. The molecular weight excluding hydrogens is 166 g/mol. The van der Waals surface area contributed by atoms with E-state index in [1.165, 1.54) is 13.5 Å². The van der Waals surface area contributed by atoms with Crippen LogP contribution in [0.15, 0.2) is 0 Å². The molecule has 0 spiro atoms. The van der Waals surface area contributed by atoms with E-state index in [4.69, 9.17) is 10.5 Å². The molecule has 13 heavy (non-hydrogen) atoms. The van der Waals surface area contributed by atoms with Crippen LogP contribution in [0.2, 0.25) is 0 Å². The highest BCUT2D eigenvalue weighted by Gasteiger charge is 2.39. The lowest BCUT2D eigenvalue weighted by atomic mass is 9.75. The van der Waals surface area contributed by atoms with Crippen LogP contribution in [0.4, 0.5) is 0 Å². The summed E-state index contributed by atoms with van der Waals surface area (Å²) in [5.74, 6) is 0.350. The van der Waals surface area contributed by atoms with Crippen molar-refractivity contribution in [2.24, 2.45) is 11.7 Å². The molecule has 1 fully saturated rings. The summed E-state index contributed by atoms with van der Waals surface area (Å²) < 4.78 is 4.72. The Morgan fingerprint density at radius 1 is 1.69 bits per heavy atom. The molecule has 0 aromatic carbocycles. The zero-order valence-corrected chi connectivity index (χ0v) is 8.51. The quantitative estimate of drug-likeness (QED) is 0.662. The molecule has 0 saturated heterocycles. The van der Waals surface area contributed by atoms with Crippen LogP contribution >= 0.6 is 0 Å². The van der Waals surface area contributed by atoms with Gasteiger partial charge in [-0.25, -0.2) is 0 Å². The highest BCUT2D eigenvalue weighted by molar-refractivity contribution is 5.80. The predicted octanol–water partition coefficient (Wildman–Crippen LogP) is 1.46. The molecule has 0 radical (unpaired) electrons. The molecule has 0 aromatic heterocycles. The fourth-order valence-electron chi connectivity index (χ4n) is 2.16. The Morgan fingerprint density at radius 3 is 2.92 bits per heavy atom. The Hall–Kier alpha value is -0.570. The standard InChI is InChI=1S/C10H19NO2/c1-3-8-5-4-6-10(11,7-8)9(12)13-2/h8H,3-7,11H2,1-2H3. The van der Waals surface area contributed by atoms with Crippen LogP contribution in [0.25, 0.3) is 0 Å². The van der Waals surface area contributed by atoms with Crippen molar-refractivity contribution in [3.05, 3.63) is 0 Å². The van der Waals surface area contributed by atoms with Gasteiger partial charge in [0.05, 0.1) is 7.11 Å². The molecular formula is C10H19NO2. The van der Waals surface area contributed by atoms with E-state index < -0.39 is 5.54 Å². The maximum atomic E-state index is 11.4. The van der Waals surface area contributed by atoms with Crippen LogP contribution < -0.4 is 5.73 Å². The van der Waals surface area contributed by atoms with Gasteiger partial charge in [0.2, 0.25) is 0 Å². The molecule has 1 rings (SSSR count). The third kappa shape index (κ3) is 2.21. The Morgan fingerprint density at radius 2 is 2.38 bits per heavy atom. The largest absolute Gasteiger partial charge is 0.468 e. The lowest BCUT2D eigenvalue weighted by molar-refractivity contribution is -0.149. The van der Waals surface area contributed by atoms with Gasteiger partial charge in [-0.05, 0) is 18.8 Å². The molecule has 3 nitrogen and oxygen atoms in total. The van der Waals surface area contributed by atoms with Crippen LogP contribution in [0.5, 0.6) is 0 Å². The minimum atomic E-state index is -0.701. The molecule has 0 aromatic rings. The third-order valence-electron chi connectivity index (χ3n) is 3.06. The summed E-state index contributed by atoms with van der Waals surface area (Å²) in [6.45, 7) is 2.15. The fourth-order valence-corrected chi connectivity index (χ4v) is 2.16. The maximum Gasteiger partial charge on any atom is 0.325 e. The SMILES string of the molecule is CCC1CCCC(N)(C(=O)OC)C1. The van der Waals surface area contributed by atoms with E-state index in [-0.39, 0.29) is 5.97 Å². The Bertz CT molecular complexity index is 193. The number of carbonyl (C=O) groups excluding carboxylic acids is 1. The van der Waals surface area contributed by atoms with E-state index >= 15 is 0 Å². The number of carbonyl (C=O) groups is 1. The summed E-state index contributed by atoms with van der Waals surface area (Å²) in [6, 6.07) is 0. The van der Waals surface area contributed by atoms with Gasteiger partial charge in [-0.3, -0.25) is 4.79 Å². The zero-order chi connectivity index (χ0) is 9.90. The summed E-state index contributed by atoms with van der Waals surface area (Å²) in [4.78, 5) is 11.4. The predicted molar refractivity (Wildman–Crippen MR) is 51.2 cm³/mol. The first-order valence-corrected chi connectivity index (χ1v) is 4.99. The van der Waals surface area contributed by atoms with Gasteiger partial charge in [0.1, 0.15) is 5.54 Å². The van der Waals surface area contributed by atoms with E-state index in [9.17, 15) is 4.79 Å². The monoisotopic (exact) mass is 185 g/mol. The minimum absolute atomic E-state index is 0.245. The molecule has 3 heteroatoms. The van der Waals surface area contributed by atoms with Crippen molar-refractivity contribution in [3.8, 4) is 0 Å². The molecule has 2 atom stereocenters. The van der Waals surface area contributed by atoms with Crippen LogP contribution in [0.1, 0.15) is 39.0 Å². The number of hydrogen-bond donors (Lipinski definition) is 1. The van der Waals surface area contributed by atoms with Crippen molar-refractivity contribution in [1.29, 1.82) is 0 Å². The van der Waals surface area contributed by atoms with E-state index in [2.05, 4.69) is 6.92 Å². The van der Waals surface area contributed by atoms with E-state index in [1.54, 1.807) is 0 Å². The highest BCUT2D eigenvalue weighted by atomic mass is 16.5. The molecule has 2 unspecified atom stereocenters. The summed E-state index contributed by atoms with van der Waals surface area (Å²) in [7, 11) is 1.41. The van der Waals surface area contributed by atoms with Crippen molar-refractivity contribution >= 4 is 5.97 Å². The van der Waals surface area contributed by atoms with Gasteiger partial charge in [0, 0.05) is 0 Å². The average Bonchev–Trinajstić information content (AvgIpc) is 2.16. The molecule has 0 heterocycles. The lowest BCUT2D eigenvalue weighted by Crippen LogP contribution is -2.51. The number of esters is 1. The molecule has 76 valence electrons. The second-order valence-corrected chi connectivity index (χ2v) is 4.02. The van der Waals surface area contributed by atoms with E-state index in [0.29, 0.717) is 5.92 Å². The van der Waals surface area contributed by atoms with Gasteiger partial charge in [-0.1, -0.05) is 26.2 Å². The van der Waals surface area contributed by atoms with Crippen LogP contribution in [-0.4, -0.2) is 18.6 Å². The summed E-state index contributed by atoms with van der Waals surface area (Å²) in [5.41, 5.74) is 5.30. The van der Waals surface area contributed by atoms with Crippen molar-refractivity contribution in [2.45, 2.75) is 44.6 Å². The van der Waals surface area contributed by atoms with E-state index in [0.717, 1.165) is 25.7 Å². The second-order valence-electron chi connectivity index (χ2n) is 4.02. The zero-order valence-electron chi connectivity index (χ0n) is 8.51. The number of methoxy groups -OCH3 is 1. The Balaban J connectivity index is 2.62. The average molecular weight is 185 g/mol. The molecule has 1 aliphatic carbocycles. The van der Waals surface area contributed by atoms with Gasteiger partial charge in [-0.2, -0.15) is 0 Å². The summed E-state index contributed by atoms with van der Waals surface area (Å²) in [6.07, 6.45) is 4.92. The van der Waals surface area contributed by atoms with Crippen molar-refractivity contribution in [3.63, 3.8) is 0 Å². The van der Waals surface area contributed by atoms with Gasteiger partial charge in [0.15, 0.2) is 0 Å². The summed E-state index contributed by atoms with van der Waals surface area (Å²) in [5, 5.41) is 0. The number of rotatable bonds is 2. The second kappa shape index (κ2) is 4.09. The topological polar surface area (TPSA) is 52.3 Å². The van der Waals surface area contributed by atoms with Crippen LogP contribution in [-0.2, 0) is 9.53 Å². The van der Waals surface area contributed by atoms with Crippen LogP contribution in [0, 0.1) is 5.92 Å². The summed E-state index contributed by atoms with van der Waals surface area (Å²) >= 11 is 0. The first-order chi connectivity index (χ1) is 6.12. The Labute approximate surface area is 79.6 Å². The third-order valence-corrected chi connectivity index (χ3v) is 3.06. The first kappa shape index (κ1) is 10.5. The van der Waals surface area contributed by atoms with Crippen molar-refractivity contribution in [2.75, 3.05) is 7.11 Å². The van der Waals surface area contributed by atoms with Gasteiger partial charge >= 0.3 is 5.97 Å². The maximum absolute atomic E-state index is 11.4. The number of hydrogen-bond acceptors (Lipinski definition) is 3. The molecule has 0 aliphatic heterocycles. The molecule has 0 amide bonds. The smallest absolute Gasteiger partial charge is 0.325 e. The van der Waals surface area contributed by atoms with Crippen LogP contribution in [0.3, 0.4) is 0 Å². The normalized spacial score (nSPS) is 34.2. The Kier molecular flexibility index (Phi) is 3.31. The highest BCUT2D eigenvalue weighted by Crippen LogP contribution is 2.33. The van der Waals surface area contributed by atoms with E-state index in [1.807, 2.05) is 0 Å². The van der Waals surface area contributed by atoms with Crippen molar-refractivity contribution in [1.82, 2.24) is 0 Å². The molecule has 2 N–H and O–H groups in total. The minimum Gasteiger partial charge on any atom is -0.468 e. The van der Waals surface area contributed by atoms with Gasteiger partial charge < -0.3 is 10.5 Å².